The summed E-state index contributed by atoms with van der Waals surface area (Å²) in [5, 5.41) is 9.02. The van der Waals surface area contributed by atoms with Gasteiger partial charge in [0.05, 0.1) is 20.2 Å². The molecule has 0 aromatic carbocycles. The van der Waals surface area contributed by atoms with Crippen LogP contribution >= 0.6 is 24.0 Å². The molecule has 0 fully saturated rings. The molecule has 0 atom stereocenters. The van der Waals surface area contributed by atoms with Gasteiger partial charge in [-0.05, 0) is 33.8 Å². The Morgan fingerprint density at radius 2 is 2.04 bits per heavy atom. The number of ether oxygens (including phenoxy) is 1. The monoisotopic (exact) mass is 449 g/mol. The van der Waals surface area contributed by atoms with Crippen LogP contribution < -0.4 is 20.7 Å². The maximum atomic E-state index is 11.9. The number of nitrogens with one attached hydrogen (secondary N) is 3. The van der Waals surface area contributed by atoms with Crippen LogP contribution in [-0.2, 0) is 11.3 Å². The normalized spacial score (nSPS) is 11.3. The van der Waals surface area contributed by atoms with Crippen LogP contribution in [0.15, 0.2) is 23.3 Å². The summed E-state index contributed by atoms with van der Waals surface area (Å²) in [6.45, 7) is 9.07. The van der Waals surface area contributed by atoms with E-state index in [0.29, 0.717) is 24.9 Å². The van der Waals surface area contributed by atoms with Crippen molar-refractivity contribution in [3.63, 3.8) is 0 Å². The van der Waals surface area contributed by atoms with Gasteiger partial charge in [0, 0.05) is 23.8 Å². The standard InChI is InChI=1S/C16H27N5O2.HI/c1-6-17-15(20-11-13(22)21-16(2,3)4)19-10-12-8-7-9-18-14(12)23-5;/h7-9H,6,10-11H2,1-5H3,(H,21,22)(H2,17,19,20);1H. The van der Waals surface area contributed by atoms with E-state index in [1.165, 1.54) is 0 Å². The van der Waals surface area contributed by atoms with E-state index in [-0.39, 0.29) is 42.0 Å². The van der Waals surface area contributed by atoms with Gasteiger partial charge in [0.1, 0.15) is 0 Å². The summed E-state index contributed by atoms with van der Waals surface area (Å²) in [6.07, 6.45) is 1.67. The predicted octanol–water partition coefficient (Wildman–Crippen LogP) is 1.68. The average molecular weight is 449 g/mol. The lowest BCUT2D eigenvalue weighted by Gasteiger charge is -2.21. The van der Waals surface area contributed by atoms with E-state index in [2.05, 4.69) is 25.9 Å². The van der Waals surface area contributed by atoms with Gasteiger partial charge in [-0.2, -0.15) is 0 Å². The van der Waals surface area contributed by atoms with E-state index in [1.807, 2.05) is 39.8 Å². The fourth-order valence-corrected chi connectivity index (χ4v) is 1.86. The Balaban J connectivity index is 0.00000529. The van der Waals surface area contributed by atoms with E-state index in [0.717, 1.165) is 5.56 Å². The van der Waals surface area contributed by atoms with E-state index in [4.69, 9.17) is 4.74 Å². The van der Waals surface area contributed by atoms with Crippen LogP contribution in [0.2, 0.25) is 0 Å². The highest BCUT2D eigenvalue weighted by molar-refractivity contribution is 14.0. The third-order valence-electron chi connectivity index (χ3n) is 2.73. The van der Waals surface area contributed by atoms with Gasteiger partial charge in [0.25, 0.3) is 0 Å². The van der Waals surface area contributed by atoms with Gasteiger partial charge in [-0.3, -0.25) is 4.79 Å². The third kappa shape index (κ3) is 8.90. The maximum absolute atomic E-state index is 11.9. The predicted molar refractivity (Wildman–Crippen MR) is 107 cm³/mol. The quantitative estimate of drug-likeness (QED) is 0.350. The SMILES string of the molecule is CCNC(=NCc1cccnc1OC)NCC(=O)NC(C)(C)C.I. The molecule has 24 heavy (non-hydrogen) atoms. The second-order valence-corrected chi connectivity index (χ2v) is 6.02. The first-order valence-electron chi connectivity index (χ1n) is 7.66. The Kier molecular flexibility index (Phi) is 10.3. The minimum absolute atomic E-state index is 0. The molecule has 0 bridgehead atoms. The average Bonchev–Trinajstić information content (AvgIpc) is 2.48. The molecule has 0 radical (unpaired) electrons. The molecular weight excluding hydrogens is 421 g/mol. The Bertz CT molecular complexity index is 544. The molecule has 1 aromatic heterocycles. The number of carbonyl (C=O) groups is 1. The topological polar surface area (TPSA) is 87.6 Å². The molecule has 1 amide bonds. The van der Waals surface area contributed by atoms with Crippen LogP contribution in [0, 0.1) is 0 Å². The van der Waals surface area contributed by atoms with Gasteiger partial charge in [-0.25, -0.2) is 9.98 Å². The number of aliphatic imine (C=N–C) groups is 1. The van der Waals surface area contributed by atoms with Gasteiger partial charge in [0.2, 0.25) is 11.8 Å². The van der Waals surface area contributed by atoms with Gasteiger partial charge in [-0.15, -0.1) is 24.0 Å². The lowest BCUT2D eigenvalue weighted by molar-refractivity contribution is -0.121. The molecule has 0 aliphatic heterocycles. The Morgan fingerprint density at radius 3 is 2.62 bits per heavy atom. The van der Waals surface area contributed by atoms with Crippen molar-refractivity contribution in [3.05, 3.63) is 23.9 Å². The zero-order valence-electron chi connectivity index (χ0n) is 15.0. The van der Waals surface area contributed by atoms with Crippen molar-refractivity contribution >= 4 is 35.8 Å². The molecule has 0 saturated carbocycles. The van der Waals surface area contributed by atoms with E-state index >= 15 is 0 Å². The number of aromatic nitrogens is 1. The lowest BCUT2D eigenvalue weighted by atomic mass is 10.1. The largest absolute Gasteiger partial charge is 0.481 e. The minimum Gasteiger partial charge on any atom is -0.481 e. The number of nitrogens with zero attached hydrogens (tertiary/aromatic N) is 2. The summed E-state index contributed by atoms with van der Waals surface area (Å²) in [5.74, 6) is 1.04. The smallest absolute Gasteiger partial charge is 0.239 e. The lowest BCUT2D eigenvalue weighted by Crippen LogP contribution is -2.48. The molecule has 8 heteroatoms. The number of hydrogen-bond acceptors (Lipinski definition) is 4. The van der Waals surface area contributed by atoms with Gasteiger partial charge in [-0.1, -0.05) is 6.07 Å². The molecule has 1 heterocycles. The number of guanidine groups is 1. The highest BCUT2D eigenvalue weighted by Gasteiger charge is 2.13. The zero-order chi connectivity index (χ0) is 17.3. The molecule has 7 nitrogen and oxygen atoms in total. The Labute approximate surface area is 161 Å². The fourth-order valence-electron chi connectivity index (χ4n) is 1.86. The molecule has 0 unspecified atom stereocenters. The third-order valence-corrected chi connectivity index (χ3v) is 2.73. The van der Waals surface area contributed by atoms with E-state index in [1.54, 1.807) is 13.3 Å². The number of rotatable bonds is 6. The fraction of sp³-hybridized carbons (Fsp3) is 0.562. The number of pyridine rings is 1. The van der Waals surface area contributed by atoms with Crippen LogP contribution in [0.5, 0.6) is 5.88 Å². The van der Waals surface area contributed by atoms with Crippen molar-refractivity contribution in [3.8, 4) is 5.88 Å². The van der Waals surface area contributed by atoms with Crippen LogP contribution in [0.3, 0.4) is 0 Å². The van der Waals surface area contributed by atoms with Gasteiger partial charge >= 0.3 is 0 Å². The van der Waals surface area contributed by atoms with Crippen LogP contribution in [0.1, 0.15) is 33.3 Å². The molecule has 1 aromatic rings. The highest BCUT2D eigenvalue weighted by Crippen LogP contribution is 2.14. The summed E-state index contributed by atoms with van der Waals surface area (Å²) in [5.41, 5.74) is 0.628. The number of halogens is 1. The second kappa shape index (κ2) is 11.1. The Morgan fingerprint density at radius 1 is 1.33 bits per heavy atom. The molecule has 3 N–H and O–H groups in total. The number of amides is 1. The summed E-state index contributed by atoms with van der Waals surface area (Å²) >= 11 is 0. The van der Waals surface area contributed by atoms with Crippen molar-refractivity contribution in [2.24, 2.45) is 4.99 Å². The number of carbonyl (C=O) groups excluding carboxylic acids is 1. The summed E-state index contributed by atoms with van der Waals surface area (Å²) in [7, 11) is 1.58. The van der Waals surface area contributed by atoms with Crippen molar-refractivity contribution in [2.45, 2.75) is 39.8 Å². The van der Waals surface area contributed by atoms with Gasteiger partial charge in [0.15, 0.2) is 5.96 Å². The number of hydrogen-bond donors (Lipinski definition) is 3. The van der Waals surface area contributed by atoms with Crippen LogP contribution in [-0.4, -0.2) is 42.6 Å². The van der Waals surface area contributed by atoms with Crippen molar-refractivity contribution in [1.82, 2.24) is 20.9 Å². The Hall–Kier alpha value is -1.58. The molecule has 0 spiro atoms. The first-order chi connectivity index (χ1) is 10.9. The van der Waals surface area contributed by atoms with Crippen molar-refractivity contribution in [1.29, 1.82) is 0 Å². The summed E-state index contributed by atoms with van der Waals surface area (Å²) < 4.78 is 5.21. The number of methoxy groups -OCH3 is 1. The first kappa shape index (κ1) is 22.4. The maximum Gasteiger partial charge on any atom is 0.239 e. The molecule has 0 aliphatic rings. The molecule has 0 saturated heterocycles. The zero-order valence-corrected chi connectivity index (χ0v) is 17.3. The molecule has 0 aliphatic carbocycles. The first-order valence-corrected chi connectivity index (χ1v) is 7.66. The molecule has 136 valence electrons. The minimum atomic E-state index is -0.253. The summed E-state index contributed by atoms with van der Waals surface area (Å²) in [6, 6.07) is 3.75. The van der Waals surface area contributed by atoms with Gasteiger partial charge < -0.3 is 20.7 Å². The van der Waals surface area contributed by atoms with Crippen LogP contribution in [0.4, 0.5) is 0 Å². The van der Waals surface area contributed by atoms with E-state index in [9.17, 15) is 4.79 Å². The van der Waals surface area contributed by atoms with Crippen molar-refractivity contribution < 1.29 is 9.53 Å². The van der Waals surface area contributed by atoms with E-state index < -0.39 is 0 Å². The highest BCUT2D eigenvalue weighted by atomic mass is 127. The second-order valence-electron chi connectivity index (χ2n) is 6.02. The molecular formula is C16H28IN5O2. The van der Waals surface area contributed by atoms with Crippen molar-refractivity contribution in [2.75, 3.05) is 20.2 Å². The molecule has 1 rings (SSSR count). The summed E-state index contributed by atoms with van der Waals surface area (Å²) in [4.78, 5) is 20.5. The van der Waals surface area contributed by atoms with Crippen LogP contribution in [0.25, 0.3) is 0 Å².